The fourth-order valence-corrected chi connectivity index (χ4v) is 0.596. The number of ether oxygens (including phenoxy) is 1. The van der Waals surface area contributed by atoms with Gasteiger partial charge in [0.25, 0.3) is 0 Å². The van der Waals surface area contributed by atoms with E-state index in [9.17, 15) is 0 Å². The maximum atomic E-state index is 5.16. The largest absolute Gasteiger partial charge is 0.372 e. The average Bonchev–Trinajstić information content (AvgIpc) is 2.38. The first-order valence-electron chi connectivity index (χ1n) is 3.08. The Morgan fingerprint density at radius 3 is 2.70 bits per heavy atom. The molecule has 1 rings (SSSR count). The van der Waals surface area contributed by atoms with Crippen LogP contribution in [0.5, 0.6) is 0 Å². The summed E-state index contributed by atoms with van der Waals surface area (Å²) >= 11 is 0. The molecule has 4 heteroatoms. The zero-order valence-corrected chi connectivity index (χ0v) is 6.38. The van der Waals surface area contributed by atoms with Crippen molar-refractivity contribution in [2.75, 3.05) is 7.11 Å². The average molecular weight is 141 g/mol. The topological polar surface area (TPSA) is 50.8 Å². The molecule has 0 saturated heterocycles. The van der Waals surface area contributed by atoms with E-state index in [1.54, 1.807) is 13.3 Å². The van der Waals surface area contributed by atoms with Crippen LogP contribution in [0.3, 0.4) is 0 Å². The van der Waals surface area contributed by atoms with E-state index in [4.69, 9.17) is 4.74 Å². The fourth-order valence-electron chi connectivity index (χ4n) is 0.596. The van der Waals surface area contributed by atoms with Crippen LogP contribution in [0.2, 0.25) is 0 Å². The molecule has 0 fully saturated rings. The Morgan fingerprint density at radius 1 is 1.60 bits per heavy atom. The van der Waals surface area contributed by atoms with Gasteiger partial charge in [-0.1, -0.05) is 0 Å². The molecule has 0 amide bonds. The third-order valence-electron chi connectivity index (χ3n) is 1.54. The lowest BCUT2D eigenvalue weighted by molar-refractivity contribution is 0.0154. The van der Waals surface area contributed by atoms with E-state index in [1.165, 1.54) is 0 Å². The fraction of sp³-hybridized carbons (Fsp3) is 0.667. The smallest absolute Gasteiger partial charge is 0.114 e. The van der Waals surface area contributed by atoms with E-state index in [-0.39, 0.29) is 5.60 Å². The molecule has 0 aliphatic carbocycles. The molecule has 56 valence electrons. The molecule has 1 aromatic rings. The summed E-state index contributed by atoms with van der Waals surface area (Å²) < 4.78 is 5.16. The van der Waals surface area contributed by atoms with E-state index in [0.717, 1.165) is 5.69 Å². The molecule has 0 bridgehead atoms. The van der Waals surface area contributed by atoms with Crippen LogP contribution >= 0.6 is 0 Å². The minimum atomic E-state index is -0.340. The van der Waals surface area contributed by atoms with Crippen molar-refractivity contribution in [3.63, 3.8) is 0 Å². The highest BCUT2D eigenvalue weighted by Crippen LogP contribution is 2.19. The molecule has 1 heterocycles. The number of hydrogen-bond donors (Lipinski definition) is 1. The number of methoxy groups -OCH3 is 1. The predicted molar refractivity (Wildman–Crippen MR) is 36.4 cm³/mol. The molecule has 0 aliphatic heterocycles. The SMILES string of the molecule is COC(C)(C)c1cn[nH]n1. The van der Waals surface area contributed by atoms with Crippen LogP contribution in [0.25, 0.3) is 0 Å². The molecule has 0 radical (unpaired) electrons. The van der Waals surface area contributed by atoms with E-state index in [2.05, 4.69) is 15.4 Å². The van der Waals surface area contributed by atoms with Crippen molar-refractivity contribution in [3.05, 3.63) is 11.9 Å². The molecule has 4 nitrogen and oxygen atoms in total. The molecule has 0 aromatic carbocycles. The van der Waals surface area contributed by atoms with Gasteiger partial charge in [0.05, 0.1) is 6.20 Å². The molecule has 1 N–H and O–H groups in total. The number of nitrogens with one attached hydrogen (secondary N) is 1. The van der Waals surface area contributed by atoms with Gasteiger partial charge in [0.2, 0.25) is 0 Å². The quantitative estimate of drug-likeness (QED) is 0.659. The van der Waals surface area contributed by atoms with Gasteiger partial charge in [-0.05, 0) is 13.8 Å². The van der Waals surface area contributed by atoms with E-state index >= 15 is 0 Å². The Labute approximate surface area is 59.6 Å². The maximum absolute atomic E-state index is 5.16. The first kappa shape index (κ1) is 7.21. The highest BCUT2D eigenvalue weighted by molar-refractivity contribution is 5.02. The summed E-state index contributed by atoms with van der Waals surface area (Å²) in [5.41, 5.74) is 0.475. The van der Waals surface area contributed by atoms with Crippen LogP contribution in [0.1, 0.15) is 19.5 Å². The minimum absolute atomic E-state index is 0.340. The molecule has 1 aromatic heterocycles. The van der Waals surface area contributed by atoms with Crippen molar-refractivity contribution in [1.29, 1.82) is 0 Å². The Balaban J connectivity index is 2.85. The van der Waals surface area contributed by atoms with Crippen LogP contribution in [-0.4, -0.2) is 22.5 Å². The van der Waals surface area contributed by atoms with Gasteiger partial charge in [-0.2, -0.15) is 15.4 Å². The highest BCUT2D eigenvalue weighted by Gasteiger charge is 2.21. The highest BCUT2D eigenvalue weighted by atomic mass is 16.5. The number of aromatic amines is 1. The van der Waals surface area contributed by atoms with E-state index < -0.39 is 0 Å². The lowest BCUT2D eigenvalue weighted by atomic mass is 10.1. The van der Waals surface area contributed by atoms with Gasteiger partial charge in [-0.25, -0.2) is 0 Å². The Hall–Kier alpha value is -0.900. The van der Waals surface area contributed by atoms with Crippen LogP contribution in [0.15, 0.2) is 6.20 Å². The van der Waals surface area contributed by atoms with Gasteiger partial charge in [0.15, 0.2) is 0 Å². The van der Waals surface area contributed by atoms with Gasteiger partial charge in [0.1, 0.15) is 11.3 Å². The monoisotopic (exact) mass is 141 g/mol. The molecular weight excluding hydrogens is 130 g/mol. The predicted octanol–water partition coefficient (Wildman–Crippen LogP) is 0.686. The first-order valence-corrected chi connectivity index (χ1v) is 3.08. The Kier molecular flexibility index (Phi) is 1.72. The van der Waals surface area contributed by atoms with Crippen LogP contribution < -0.4 is 0 Å². The second kappa shape index (κ2) is 2.38. The zero-order valence-electron chi connectivity index (χ0n) is 6.38. The van der Waals surface area contributed by atoms with Crippen LogP contribution in [0.4, 0.5) is 0 Å². The molecular formula is C6H11N3O. The molecule has 0 saturated carbocycles. The molecule has 0 spiro atoms. The Morgan fingerprint density at radius 2 is 2.30 bits per heavy atom. The lowest BCUT2D eigenvalue weighted by Gasteiger charge is -2.18. The van der Waals surface area contributed by atoms with E-state index in [0.29, 0.717) is 0 Å². The van der Waals surface area contributed by atoms with Crippen molar-refractivity contribution < 1.29 is 4.74 Å². The summed E-state index contributed by atoms with van der Waals surface area (Å²) in [6.45, 7) is 3.87. The summed E-state index contributed by atoms with van der Waals surface area (Å²) in [7, 11) is 1.65. The number of rotatable bonds is 2. The van der Waals surface area contributed by atoms with Gasteiger partial charge < -0.3 is 4.74 Å². The molecule has 10 heavy (non-hydrogen) atoms. The zero-order chi connectivity index (χ0) is 7.61. The van der Waals surface area contributed by atoms with Gasteiger partial charge in [-0.3, -0.25) is 0 Å². The number of hydrogen-bond acceptors (Lipinski definition) is 3. The summed E-state index contributed by atoms with van der Waals surface area (Å²) in [5.74, 6) is 0. The molecule has 0 unspecified atom stereocenters. The van der Waals surface area contributed by atoms with Crippen molar-refractivity contribution >= 4 is 0 Å². The van der Waals surface area contributed by atoms with Crippen molar-refractivity contribution in [1.82, 2.24) is 15.4 Å². The van der Waals surface area contributed by atoms with Crippen LogP contribution in [0, 0.1) is 0 Å². The number of H-pyrrole nitrogens is 1. The normalized spacial score (nSPS) is 11.9. The molecule has 0 aliphatic rings. The second-order valence-electron chi connectivity index (χ2n) is 2.57. The minimum Gasteiger partial charge on any atom is -0.372 e. The summed E-state index contributed by atoms with van der Waals surface area (Å²) in [4.78, 5) is 0. The third kappa shape index (κ3) is 1.16. The van der Waals surface area contributed by atoms with Gasteiger partial charge in [0, 0.05) is 7.11 Å². The second-order valence-corrected chi connectivity index (χ2v) is 2.57. The third-order valence-corrected chi connectivity index (χ3v) is 1.54. The maximum Gasteiger partial charge on any atom is 0.114 e. The van der Waals surface area contributed by atoms with E-state index in [1.807, 2.05) is 13.8 Å². The summed E-state index contributed by atoms with van der Waals surface area (Å²) in [6.07, 6.45) is 1.66. The van der Waals surface area contributed by atoms with Crippen molar-refractivity contribution in [3.8, 4) is 0 Å². The van der Waals surface area contributed by atoms with Crippen molar-refractivity contribution in [2.45, 2.75) is 19.4 Å². The van der Waals surface area contributed by atoms with Gasteiger partial charge in [-0.15, -0.1) is 0 Å². The lowest BCUT2D eigenvalue weighted by Crippen LogP contribution is -2.19. The van der Waals surface area contributed by atoms with Crippen LogP contribution in [-0.2, 0) is 10.3 Å². The first-order chi connectivity index (χ1) is 4.67. The van der Waals surface area contributed by atoms with Crippen molar-refractivity contribution in [2.24, 2.45) is 0 Å². The van der Waals surface area contributed by atoms with Gasteiger partial charge >= 0.3 is 0 Å². The standard InChI is InChI=1S/C6H11N3O/c1-6(2,10-3)5-4-7-9-8-5/h4H,1-3H3,(H,7,8,9). The summed E-state index contributed by atoms with van der Waals surface area (Å²) in [5, 5.41) is 10.1. The Bertz CT molecular complexity index is 193. The number of aromatic nitrogens is 3. The molecule has 0 atom stereocenters. The number of nitrogens with zero attached hydrogens (tertiary/aromatic N) is 2. The summed E-state index contributed by atoms with van der Waals surface area (Å²) in [6, 6.07) is 0.